The van der Waals surface area contributed by atoms with Gasteiger partial charge in [-0.2, -0.15) is 0 Å². The second-order valence-electron chi connectivity index (χ2n) is 11.2. The van der Waals surface area contributed by atoms with Crippen molar-refractivity contribution in [2.75, 3.05) is 4.90 Å². The highest BCUT2D eigenvalue weighted by Gasteiger charge is 2.20. The summed E-state index contributed by atoms with van der Waals surface area (Å²) in [5.41, 5.74) is 7.14. The lowest BCUT2D eigenvalue weighted by atomic mass is 9.94. The molecule has 0 N–H and O–H groups in total. The normalized spacial score (nSPS) is 11.6. The largest absolute Gasteiger partial charge is 0.438 e. The van der Waals surface area contributed by atoms with Crippen molar-refractivity contribution in [3.8, 4) is 11.1 Å². The molecule has 9 rings (SSSR count). The Morgan fingerprint density at radius 1 is 0.455 bits per heavy atom. The number of fused-ring (bicyclic) bond motifs is 8. The van der Waals surface area contributed by atoms with Crippen LogP contribution in [0.1, 0.15) is 0 Å². The first kappa shape index (κ1) is 24.6. The third-order valence-corrected chi connectivity index (χ3v) is 8.69. The van der Waals surface area contributed by atoms with Crippen molar-refractivity contribution in [3.05, 3.63) is 158 Å². The molecule has 9 aromatic rings. The standard InChI is InChI=1S/C41H26N2O/c1-2-9-27(10-3-1)28-18-20-31(21-19-28)43(32-22-23-39-37(26-32)36-15-8-24-42-41(36)44-39)38-25-30-17-16-29-11-4-5-12-33(29)40(30)35-14-7-6-13-34(35)38/h1-26H. The third-order valence-electron chi connectivity index (χ3n) is 8.69. The summed E-state index contributed by atoms with van der Waals surface area (Å²) < 4.78 is 6.10. The minimum Gasteiger partial charge on any atom is -0.438 e. The number of hydrogen-bond donors (Lipinski definition) is 0. The fourth-order valence-corrected chi connectivity index (χ4v) is 6.64. The smallest absolute Gasteiger partial charge is 0.227 e. The van der Waals surface area contributed by atoms with Gasteiger partial charge in [-0.15, -0.1) is 0 Å². The number of nitrogens with zero attached hydrogens (tertiary/aromatic N) is 2. The lowest BCUT2D eigenvalue weighted by molar-refractivity contribution is 0.654. The first-order valence-corrected chi connectivity index (χ1v) is 14.9. The van der Waals surface area contributed by atoms with Crippen LogP contribution in [-0.4, -0.2) is 4.98 Å². The average Bonchev–Trinajstić information content (AvgIpc) is 3.47. The molecular weight excluding hydrogens is 536 g/mol. The Hall–Kier alpha value is -5.93. The first-order chi connectivity index (χ1) is 21.8. The van der Waals surface area contributed by atoms with Gasteiger partial charge in [0.1, 0.15) is 5.58 Å². The Balaban J connectivity index is 1.33. The van der Waals surface area contributed by atoms with Crippen LogP contribution in [0.25, 0.3) is 65.5 Å². The van der Waals surface area contributed by atoms with Crippen LogP contribution in [0.5, 0.6) is 0 Å². The maximum Gasteiger partial charge on any atom is 0.227 e. The molecule has 0 aliphatic heterocycles. The minimum atomic E-state index is 0.654. The molecule has 0 fully saturated rings. The van der Waals surface area contributed by atoms with Gasteiger partial charge in [-0.3, -0.25) is 0 Å². The summed E-state index contributed by atoms with van der Waals surface area (Å²) in [6.45, 7) is 0. The number of benzene rings is 7. The summed E-state index contributed by atoms with van der Waals surface area (Å²) in [6.07, 6.45) is 1.77. The van der Waals surface area contributed by atoms with Gasteiger partial charge in [0.15, 0.2) is 0 Å². The van der Waals surface area contributed by atoms with E-state index in [0.29, 0.717) is 5.71 Å². The Bertz CT molecular complexity index is 2490. The molecular formula is C41H26N2O. The number of rotatable bonds is 4. The minimum absolute atomic E-state index is 0.654. The summed E-state index contributed by atoms with van der Waals surface area (Å²) in [5.74, 6) is 0. The molecule has 7 aromatic carbocycles. The van der Waals surface area contributed by atoms with E-state index >= 15 is 0 Å². The fourth-order valence-electron chi connectivity index (χ4n) is 6.64. The molecule has 3 heteroatoms. The lowest BCUT2D eigenvalue weighted by Crippen LogP contribution is -2.10. The molecule has 0 radical (unpaired) electrons. The molecule has 0 bridgehead atoms. The quantitative estimate of drug-likeness (QED) is 0.200. The molecule has 0 amide bonds. The number of hydrogen-bond acceptors (Lipinski definition) is 3. The molecule has 0 atom stereocenters. The fraction of sp³-hybridized carbons (Fsp3) is 0. The molecule has 44 heavy (non-hydrogen) atoms. The zero-order chi connectivity index (χ0) is 29.0. The number of aromatic nitrogens is 1. The number of furan rings is 1. The van der Waals surface area contributed by atoms with Crippen LogP contribution in [-0.2, 0) is 0 Å². The van der Waals surface area contributed by atoms with Gasteiger partial charge in [-0.05, 0) is 86.6 Å². The Kier molecular flexibility index (Phi) is 5.50. The summed E-state index contributed by atoms with van der Waals surface area (Å²) in [7, 11) is 0. The summed E-state index contributed by atoms with van der Waals surface area (Å²) in [6, 6.07) is 54.1. The van der Waals surface area contributed by atoms with Gasteiger partial charge in [0.25, 0.3) is 0 Å². The van der Waals surface area contributed by atoms with Gasteiger partial charge in [0, 0.05) is 33.7 Å². The Morgan fingerprint density at radius 3 is 2.00 bits per heavy atom. The molecule has 0 aliphatic rings. The third kappa shape index (κ3) is 3.87. The van der Waals surface area contributed by atoms with E-state index in [1.165, 1.54) is 43.4 Å². The SMILES string of the molecule is c1ccc(-c2ccc(N(c3ccc4oc5ncccc5c4c3)c3cc4ccc5ccccc5c4c4ccccc34)cc2)cc1. The molecule has 206 valence electrons. The molecule has 2 heterocycles. The highest BCUT2D eigenvalue weighted by atomic mass is 16.3. The van der Waals surface area contributed by atoms with Crippen LogP contribution in [0.15, 0.2) is 162 Å². The van der Waals surface area contributed by atoms with Crippen LogP contribution >= 0.6 is 0 Å². The van der Waals surface area contributed by atoms with E-state index in [0.717, 1.165) is 33.4 Å². The van der Waals surface area contributed by atoms with Crippen molar-refractivity contribution in [2.24, 2.45) is 0 Å². The van der Waals surface area contributed by atoms with E-state index in [1.54, 1.807) is 6.20 Å². The van der Waals surface area contributed by atoms with Crippen molar-refractivity contribution in [2.45, 2.75) is 0 Å². The molecule has 2 aromatic heterocycles. The van der Waals surface area contributed by atoms with E-state index in [9.17, 15) is 0 Å². The van der Waals surface area contributed by atoms with Crippen LogP contribution in [0, 0.1) is 0 Å². The summed E-state index contributed by atoms with van der Waals surface area (Å²) in [5, 5.41) is 9.50. The van der Waals surface area contributed by atoms with Crippen LogP contribution in [0.3, 0.4) is 0 Å². The van der Waals surface area contributed by atoms with Crippen molar-refractivity contribution >= 4 is 71.4 Å². The van der Waals surface area contributed by atoms with Crippen molar-refractivity contribution in [1.82, 2.24) is 4.98 Å². The molecule has 3 nitrogen and oxygen atoms in total. The highest BCUT2D eigenvalue weighted by molar-refractivity contribution is 6.23. The van der Waals surface area contributed by atoms with Gasteiger partial charge in [0.2, 0.25) is 5.71 Å². The Labute approximate surface area is 254 Å². The molecule has 0 spiro atoms. The average molecular weight is 563 g/mol. The Morgan fingerprint density at radius 2 is 1.14 bits per heavy atom. The molecule has 0 saturated carbocycles. The van der Waals surface area contributed by atoms with E-state index < -0.39 is 0 Å². The molecule has 0 aliphatic carbocycles. The second-order valence-corrected chi connectivity index (χ2v) is 11.2. The lowest BCUT2D eigenvalue weighted by Gasteiger charge is -2.28. The van der Waals surface area contributed by atoms with Crippen molar-refractivity contribution in [1.29, 1.82) is 0 Å². The maximum absolute atomic E-state index is 6.10. The topological polar surface area (TPSA) is 29.3 Å². The summed E-state index contributed by atoms with van der Waals surface area (Å²) in [4.78, 5) is 6.84. The second kappa shape index (κ2) is 9.82. The predicted molar refractivity (Wildman–Crippen MR) is 184 cm³/mol. The van der Waals surface area contributed by atoms with Crippen molar-refractivity contribution < 1.29 is 4.42 Å². The van der Waals surface area contributed by atoms with Crippen LogP contribution in [0.4, 0.5) is 17.1 Å². The predicted octanol–water partition coefficient (Wildman–Crippen LogP) is 11.6. The van der Waals surface area contributed by atoms with Gasteiger partial charge in [-0.1, -0.05) is 103 Å². The summed E-state index contributed by atoms with van der Waals surface area (Å²) >= 11 is 0. The van der Waals surface area contributed by atoms with Gasteiger partial charge in [-0.25, -0.2) is 4.98 Å². The zero-order valence-electron chi connectivity index (χ0n) is 23.8. The molecule has 0 unspecified atom stereocenters. The van der Waals surface area contributed by atoms with E-state index in [-0.39, 0.29) is 0 Å². The van der Waals surface area contributed by atoms with Gasteiger partial charge in [0.05, 0.1) is 5.69 Å². The zero-order valence-corrected chi connectivity index (χ0v) is 23.8. The van der Waals surface area contributed by atoms with Crippen LogP contribution < -0.4 is 4.90 Å². The maximum atomic E-state index is 6.10. The van der Waals surface area contributed by atoms with Gasteiger partial charge >= 0.3 is 0 Å². The first-order valence-electron chi connectivity index (χ1n) is 14.9. The number of pyridine rings is 1. The van der Waals surface area contributed by atoms with E-state index in [1.807, 2.05) is 6.07 Å². The van der Waals surface area contributed by atoms with E-state index in [2.05, 4.69) is 155 Å². The van der Waals surface area contributed by atoms with Crippen molar-refractivity contribution in [3.63, 3.8) is 0 Å². The van der Waals surface area contributed by atoms with Crippen LogP contribution in [0.2, 0.25) is 0 Å². The highest BCUT2D eigenvalue weighted by Crippen LogP contribution is 2.45. The van der Waals surface area contributed by atoms with E-state index in [4.69, 9.17) is 4.42 Å². The van der Waals surface area contributed by atoms with Gasteiger partial charge < -0.3 is 9.32 Å². The monoisotopic (exact) mass is 562 g/mol. The number of anilines is 3. The molecule has 0 saturated heterocycles.